The van der Waals surface area contributed by atoms with E-state index >= 15 is 0 Å². The molecule has 1 aliphatic carbocycles. The summed E-state index contributed by atoms with van der Waals surface area (Å²) in [4.78, 5) is 15.1. The molecule has 1 fully saturated rings. The van der Waals surface area contributed by atoms with Crippen LogP contribution in [0, 0.1) is 6.92 Å². The van der Waals surface area contributed by atoms with Crippen LogP contribution in [0.1, 0.15) is 57.7 Å². The second kappa shape index (κ2) is 7.63. The summed E-state index contributed by atoms with van der Waals surface area (Å²) in [6.45, 7) is 8.77. The summed E-state index contributed by atoms with van der Waals surface area (Å²) in [5.41, 5.74) is 4.62. The van der Waals surface area contributed by atoms with Crippen LogP contribution in [0.25, 0.3) is 21.1 Å². The normalized spacial score (nSPS) is 15.1. The van der Waals surface area contributed by atoms with Gasteiger partial charge < -0.3 is 5.32 Å². The van der Waals surface area contributed by atoms with Crippen molar-refractivity contribution in [1.29, 1.82) is 0 Å². The minimum atomic E-state index is 0.159. The number of rotatable bonds is 4. The molecule has 0 saturated heterocycles. The first kappa shape index (κ1) is 19.1. The van der Waals surface area contributed by atoms with Gasteiger partial charge >= 0.3 is 0 Å². The van der Waals surface area contributed by atoms with Gasteiger partial charge in [0.2, 0.25) is 5.95 Å². The molecule has 1 saturated carbocycles. The van der Waals surface area contributed by atoms with Crippen molar-refractivity contribution in [3.05, 3.63) is 47.8 Å². The highest BCUT2D eigenvalue weighted by atomic mass is 32.1. The van der Waals surface area contributed by atoms with Gasteiger partial charge in [-0.1, -0.05) is 57.9 Å². The van der Waals surface area contributed by atoms with Gasteiger partial charge in [0.25, 0.3) is 0 Å². The van der Waals surface area contributed by atoms with Gasteiger partial charge in [0.15, 0.2) is 0 Å². The molecule has 0 amide bonds. The van der Waals surface area contributed by atoms with Crippen LogP contribution in [0.4, 0.5) is 5.95 Å². The molecule has 2 heterocycles. The number of hydrogen-bond donors (Lipinski definition) is 1. The number of aromatic nitrogens is 3. The van der Waals surface area contributed by atoms with E-state index in [0.29, 0.717) is 6.04 Å². The zero-order valence-electron chi connectivity index (χ0n) is 17.1. The van der Waals surface area contributed by atoms with Gasteiger partial charge in [-0.25, -0.2) is 15.0 Å². The summed E-state index contributed by atoms with van der Waals surface area (Å²) in [5, 5.41) is 4.53. The molecule has 0 radical (unpaired) electrons. The van der Waals surface area contributed by atoms with Crippen LogP contribution in [0.5, 0.6) is 0 Å². The maximum atomic E-state index is 4.82. The minimum Gasteiger partial charge on any atom is -0.351 e. The highest BCUT2D eigenvalue weighted by Crippen LogP contribution is 2.35. The molecule has 4 nitrogen and oxygen atoms in total. The average Bonchev–Trinajstić information content (AvgIpc) is 3.31. The predicted molar refractivity (Wildman–Crippen MR) is 118 cm³/mol. The molecular formula is C23H28N4S. The lowest BCUT2D eigenvalue weighted by Crippen LogP contribution is -2.16. The molecule has 4 rings (SSSR count). The van der Waals surface area contributed by atoms with Gasteiger partial charge in [-0.3, -0.25) is 0 Å². The van der Waals surface area contributed by atoms with E-state index in [-0.39, 0.29) is 5.41 Å². The Bertz CT molecular complexity index is 947. The molecule has 5 heteroatoms. The molecule has 0 spiro atoms. The third kappa shape index (κ3) is 4.09. The summed E-state index contributed by atoms with van der Waals surface area (Å²) in [6, 6.07) is 11.3. The highest BCUT2D eigenvalue weighted by molar-refractivity contribution is 7.18. The molecule has 146 valence electrons. The molecule has 3 aromatic rings. The molecule has 0 bridgehead atoms. The van der Waals surface area contributed by atoms with Crippen molar-refractivity contribution in [2.24, 2.45) is 0 Å². The molecule has 0 unspecified atom stereocenters. The van der Waals surface area contributed by atoms with Crippen molar-refractivity contribution >= 4 is 17.3 Å². The quantitative estimate of drug-likeness (QED) is 0.572. The predicted octanol–water partition coefficient (Wildman–Crippen LogP) is 6.23. The second-order valence-corrected chi connectivity index (χ2v) is 9.65. The smallest absolute Gasteiger partial charge is 0.223 e. The summed E-state index contributed by atoms with van der Waals surface area (Å²) >= 11 is 1.70. The van der Waals surface area contributed by atoms with E-state index in [1.54, 1.807) is 11.3 Å². The Morgan fingerprint density at radius 3 is 2.39 bits per heavy atom. The molecule has 0 aliphatic heterocycles. The number of hydrogen-bond acceptors (Lipinski definition) is 5. The Morgan fingerprint density at radius 2 is 1.71 bits per heavy atom. The number of aryl methyl sites for hydroxylation is 1. The van der Waals surface area contributed by atoms with Crippen molar-refractivity contribution in [2.45, 2.75) is 64.8 Å². The lowest BCUT2D eigenvalue weighted by molar-refractivity contribution is 0.590. The van der Waals surface area contributed by atoms with Gasteiger partial charge in [-0.2, -0.15) is 0 Å². The van der Waals surface area contributed by atoms with Crippen molar-refractivity contribution in [2.75, 3.05) is 5.32 Å². The number of thiazole rings is 1. The average molecular weight is 393 g/mol. The first-order valence-electron chi connectivity index (χ1n) is 10.1. The van der Waals surface area contributed by atoms with E-state index in [1.807, 2.05) is 12.3 Å². The molecule has 28 heavy (non-hydrogen) atoms. The second-order valence-electron chi connectivity index (χ2n) is 8.65. The fourth-order valence-electron chi connectivity index (χ4n) is 3.68. The van der Waals surface area contributed by atoms with Gasteiger partial charge in [0.1, 0.15) is 5.01 Å². The van der Waals surface area contributed by atoms with Gasteiger partial charge in [-0.05, 0) is 36.8 Å². The van der Waals surface area contributed by atoms with Gasteiger partial charge in [0.05, 0.1) is 16.3 Å². The van der Waals surface area contributed by atoms with E-state index in [4.69, 9.17) is 9.97 Å². The van der Waals surface area contributed by atoms with Gasteiger partial charge in [0, 0.05) is 17.8 Å². The molecule has 1 aromatic carbocycles. The van der Waals surface area contributed by atoms with Crippen LogP contribution >= 0.6 is 11.3 Å². The monoisotopic (exact) mass is 392 g/mol. The summed E-state index contributed by atoms with van der Waals surface area (Å²) in [5.74, 6) is 0.730. The van der Waals surface area contributed by atoms with Crippen LogP contribution in [0.3, 0.4) is 0 Å². The Hall–Kier alpha value is -2.27. The molecule has 1 aliphatic rings. The Kier molecular flexibility index (Phi) is 5.19. The Labute approximate surface area is 171 Å². The fraction of sp³-hybridized carbons (Fsp3) is 0.435. The maximum absolute atomic E-state index is 4.82. The largest absolute Gasteiger partial charge is 0.351 e. The third-order valence-corrected chi connectivity index (χ3v) is 6.60. The number of benzene rings is 1. The van der Waals surface area contributed by atoms with Gasteiger partial charge in [-0.15, -0.1) is 11.3 Å². The fourth-order valence-corrected chi connectivity index (χ4v) is 4.72. The van der Waals surface area contributed by atoms with E-state index in [1.165, 1.54) is 31.2 Å². The Balaban J connectivity index is 1.59. The van der Waals surface area contributed by atoms with E-state index in [9.17, 15) is 0 Å². The van der Waals surface area contributed by atoms with Crippen molar-refractivity contribution in [1.82, 2.24) is 15.0 Å². The van der Waals surface area contributed by atoms with Crippen molar-refractivity contribution < 1.29 is 0 Å². The van der Waals surface area contributed by atoms with Crippen LogP contribution in [-0.4, -0.2) is 21.0 Å². The minimum absolute atomic E-state index is 0.159. The highest BCUT2D eigenvalue weighted by Gasteiger charge is 2.18. The lowest BCUT2D eigenvalue weighted by atomic mass is 9.87. The third-order valence-electron chi connectivity index (χ3n) is 5.37. The number of anilines is 1. The topological polar surface area (TPSA) is 50.7 Å². The van der Waals surface area contributed by atoms with Crippen LogP contribution < -0.4 is 5.32 Å². The molecule has 1 N–H and O–H groups in total. The van der Waals surface area contributed by atoms with Crippen molar-refractivity contribution in [3.8, 4) is 21.1 Å². The Morgan fingerprint density at radius 1 is 1.00 bits per heavy atom. The zero-order valence-corrected chi connectivity index (χ0v) is 17.9. The molecule has 0 atom stereocenters. The first-order valence-corrected chi connectivity index (χ1v) is 10.9. The SMILES string of the molecule is Cc1nc(-c2ccc(C(C)(C)C)cc2)sc1-c1ccnc(NC2CCCC2)n1. The number of nitrogens with one attached hydrogen (secondary N) is 1. The van der Waals surface area contributed by atoms with Crippen LogP contribution in [-0.2, 0) is 5.41 Å². The lowest BCUT2D eigenvalue weighted by Gasteiger charge is -2.18. The molecular weight excluding hydrogens is 364 g/mol. The maximum Gasteiger partial charge on any atom is 0.223 e. The summed E-state index contributed by atoms with van der Waals surface area (Å²) in [6.07, 6.45) is 6.85. The van der Waals surface area contributed by atoms with E-state index in [2.05, 4.69) is 62.3 Å². The summed E-state index contributed by atoms with van der Waals surface area (Å²) in [7, 11) is 0. The first-order chi connectivity index (χ1) is 13.4. The summed E-state index contributed by atoms with van der Waals surface area (Å²) < 4.78 is 0. The van der Waals surface area contributed by atoms with Crippen LogP contribution in [0.15, 0.2) is 36.5 Å². The zero-order chi connectivity index (χ0) is 19.7. The standard InChI is InChI=1S/C23H28N4S/c1-15-20(19-13-14-24-22(27-19)26-18-7-5-6-8-18)28-21(25-15)16-9-11-17(12-10-16)23(2,3)4/h9-14,18H,5-8H2,1-4H3,(H,24,26,27). The van der Waals surface area contributed by atoms with E-state index < -0.39 is 0 Å². The van der Waals surface area contributed by atoms with Crippen molar-refractivity contribution in [3.63, 3.8) is 0 Å². The number of nitrogens with zero attached hydrogens (tertiary/aromatic N) is 3. The molecule has 2 aromatic heterocycles. The van der Waals surface area contributed by atoms with E-state index in [0.717, 1.165) is 32.8 Å². The van der Waals surface area contributed by atoms with Crippen LogP contribution in [0.2, 0.25) is 0 Å².